The third-order valence-electron chi connectivity index (χ3n) is 1.62. The minimum atomic E-state index is -0.959. The predicted octanol–water partition coefficient (Wildman–Crippen LogP) is -0.656. The molecule has 1 unspecified atom stereocenters. The van der Waals surface area contributed by atoms with Gasteiger partial charge in [0.25, 0.3) is 0 Å². The molecular weight excluding hydrogens is 200 g/mol. The van der Waals surface area contributed by atoms with Crippen LogP contribution in [0.4, 0.5) is 0 Å². The maximum absolute atomic E-state index is 10.4. The number of benzene rings is 1. The van der Waals surface area contributed by atoms with Crippen molar-refractivity contribution < 1.29 is 9.90 Å². The van der Waals surface area contributed by atoms with E-state index in [1.54, 1.807) is 0 Å². The van der Waals surface area contributed by atoms with E-state index in [4.69, 9.17) is 10.8 Å². The molecule has 0 fully saturated rings. The summed E-state index contributed by atoms with van der Waals surface area (Å²) in [7, 11) is 0. The fourth-order valence-electron chi connectivity index (χ4n) is 0.955. The summed E-state index contributed by atoms with van der Waals surface area (Å²) in [5.74, 6) is -0.959. The Morgan fingerprint density at radius 2 is 1.79 bits per heavy atom. The van der Waals surface area contributed by atoms with Gasteiger partial charge in [-0.05, 0) is 12.0 Å². The molecule has 0 aliphatic heterocycles. The normalized spacial score (nSPS) is 10.6. The molecule has 0 saturated heterocycles. The summed E-state index contributed by atoms with van der Waals surface area (Å²) >= 11 is 0. The Morgan fingerprint density at radius 1 is 1.29 bits per heavy atom. The Morgan fingerprint density at radius 3 is 2.21 bits per heavy atom. The number of carboxylic acid groups (broad SMARTS) is 1. The first-order valence-corrected chi connectivity index (χ1v) is 3.72. The molecule has 1 aromatic carbocycles. The predicted molar refractivity (Wildman–Crippen MR) is 60.1 cm³/mol. The minimum absolute atomic E-state index is 0. The van der Waals surface area contributed by atoms with Crippen LogP contribution in [0.2, 0.25) is 0 Å². The molecule has 14 heavy (non-hydrogen) atoms. The van der Waals surface area contributed by atoms with Crippen LogP contribution in [-0.2, 0) is 11.2 Å². The molecule has 0 bridgehead atoms. The molecule has 0 aromatic heterocycles. The molecule has 3 nitrogen and oxygen atoms in total. The monoisotopic (exact) mass is 213 g/mol. The molecule has 0 saturated carbocycles. The van der Waals surface area contributed by atoms with Gasteiger partial charge in [0.15, 0.2) is 0 Å². The number of aliphatic carboxylic acids is 1. The number of carboxylic acids is 1. The maximum atomic E-state index is 10.4. The van der Waals surface area contributed by atoms with Crippen molar-refractivity contribution in [2.45, 2.75) is 12.5 Å². The van der Waals surface area contributed by atoms with E-state index in [9.17, 15) is 4.79 Å². The van der Waals surface area contributed by atoms with Crippen LogP contribution >= 0.6 is 0 Å². The van der Waals surface area contributed by atoms with Gasteiger partial charge in [-0.3, -0.25) is 4.79 Å². The van der Waals surface area contributed by atoms with Gasteiger partial charge in [0.05, 0.1) is 0 Å². The Bertz CT molecular complexity index is 267. The third-order valence-corrected chi connectivity index (χ3v) is 1.62. The van der Waals surface area contributed by atoms with E-state index in [0.717, 1.165) is 5.56 Å². The van der Waals surface area contributed by atoms with E-state index in [2.05, 4.69) is 0 Å². The van der Waals surface area contributed by atoms with E-state index in [0.29, 0.717) is 6.42 Å². The second-order valence-electron chi connectivity index (χ2n) is 2.63. The standard InChI is InChI=1S/C9H11NO2.2Na.2H/c10-8(9(11)12)6-7-4-2-1-3-5-7;;;;/h1-5,8H,6,10H2,(H,11,12);;;;. The molecule has 0 spiro atoms. The molecular formula is C9H13NNa2O2. The van der Waals surface area contributed by atoms with Gasteiger partial charge >= 0.3 is 65.1 Å². The van der Waals surface area contributed by atoms with Gasteiger partial charge in [0.1, 0.15) is 6.04 Å². The van der Waals surface area contributed by atoms with Crippen LogP contribution in [-0.4, -0.2) is 76.2 Å². The molecule has 0 aliphatic carbocycles. The van der Waals surface area contributed by atoms with Gasteiger partial charge in [-0.15, -0.1) is 0 Å². The van der Waals surface area contributed by atoms with Gasteiger partial charge in [-0.1, -0.05) is 30.3 Å². The molecule has 5 heteroatoms. The first kappa shape index (κ1) is 17.1. The first-order chi connectivity index (χ1) is 5.70. The number of nitrogens with two attached hydrogens (primary N) is 1. The summed E-state index contributed by atoms with van der Waals surface area (Å²) in [4.78, 5) is 10.4. The van der Waals surface area contributed by atoms with Crippen molar-refractivity contribution in [3.05, 3.63) is 35.9 Å². The van der Waals surface area contributed by atoms with Crippen molar-refractivity contribution >= 4 is 65.1 Å². The number of hydrogen-bond donors (Lipinski definition) is 2. The van der Waals surface area contributed by atoms with Crippen molar-refractivity contribution in [3.63, 3.8) is 0 Å². The van der Waals surface area contributed by atoms with Gasteiger partial charge in [0, 0.05) is 0 Å². The number of carbonyl (C=O) groups is 1. The molecule has 1 rings (SSSR count). The zero-order valence-corrected chi connectivity index (χ0v) is 6.60. The Balaban J connectivity index is 0. The molecule has 0 radical (unpaired) electrons. The van der Waals surface area contributed by atoms with Crippen LogP contribution < -0.4 is 5.73 Å². The van der Waals surface area contributed by atoms with E-state index in [1.807, 2.05) is 30.3 Å². The van der Waals surface area contributed by atoms with E-state index in [-0.39, 0.29) is 59.1 Å². The molecule has 3 N–H and O–H groups in total. The zero-order chi connectivity index (χ0) is 8.97. The summed E-state index contributed by atoms with van der Waals surface area (Å²) in [6, 6.07) is 8.54. The molecule has 68 valence electrons. The van der Waals surface area contributed by atoms with Gasteiger partial charge in [-0.2, -0.15) is 0 Å². The van der Waals surface area contributed by atoms with Crippen molar-refractivity contribution in [2.75, 3.05) is 0 Å². The van der Waals surface area contributed by atoms with Crippen LogP contribution in [0.1, 0.15) is 5.56 Å². The summed E-state index contributed by atoms with van der Waals surface area (Å²) in [6.45, 7) is 0. The Hall–Kier alpha value is 0.650. The zero-order valence-electron chi connectivity index (χ0n) is 6.60. The van der Waals surface area contributed by atoms with Crippen LogP contribution in [0.25, 0.3) is 0 Å². The van der Waals surface area contributed by atoms with Crippen molar-refractivity contribution in [1.29, 1.82) is 0 Å². The van der Waals surface area contributed by atoms with Gasteiger partial charge < -0.3 is 10.8 Å². The van der Waals surface area contributed by atoms with Crippen molar-refractivity contribution in [1.82, 2.24) is 0 Å². The molecule has 1 atom stereocenters. The summed E-state index contributed by atoms with van der Waals surface area (Å²) in [5, 5.41) is 8.52. The average molecular weight is 213 g/mol. The molecule has 0 aliphatic rings. The first-order valence-electron chi connectivity index (χ1n) is 3.72. The third kappa shape index (κ3) is 6.19. The fourth-order valence-corrected chi connectivity index (χ4v) is 0.955. The second-order valence-corrected chi connectivity index (χ2v) is 2.63. The van der Waals surface area contributed by atoms with Gasteiger partial charge in [-0.25, -0.2) is 0 Å². The van der Waals surface area contributed by atoms with Crippen molar-refractivity contribution in [3.8, 4) is 0 Å². The van der Waals surface area contributed by atoms with Crippen LogP contribution in [0.15, 0.2) is 30.3 Å². The second kappa shape index (κ2) is 8.92. The Kier molecular flexibility index (Phi) is 10.9. The van der Waals surface area contributed by atoms with E-state index >= 15 is 0 Å². The SMILES string of the molecule is NC(Cc1ccccc1)C(=O)O.[NaH].[NaH]. The van der Waals surface area contributed by atoms with Crippen molar-refractivity contribution in [2.24, 2.45) is 5.73 Å². The fraction of sp³-hybridized carbons (Fsp3) is 0.222. The van der Waals surface area contributed by atoms with Crippen LogP contribution in [0.5, 0.6) is 0 Å². The molecule has 0 amide bonds. The quantitative estimate of drug-likeness (QED) is 0.655. The topological polar surface area (TPSA) is 63.3 Å². The van der Waals surface area contributed by atoms with Crippen LogP contribution in [0.3, 0.4) is 0 Å². The average Bonchev–Trinajstić information content (AvgIpc) is 2.06. The van der Waals surface area contributed by atoms with Crippen LogP contribution in [0, 0.1) is 0 Å². The van der Waals surface area contributed by atoms with E-state index in [1.165, 1.54) is 0 Å². The Labute approximate surface area is 128 Å². The number of hydrogen-bond acceptors (Lipinski definition) is 2. The van der Waals surface area contributed by atoms with E-state index < -0.39 is 12.0 Å². The molecule has 0 heterocycles. The summed E-state index contributed by atoms with van der Waals surface area (Å²) < 4.78 is 0. The van der Waals surface area contributed by atoms with Gasteiger partial charge in [0.2, 0.25) is 0 Å². The summed E-state index contributed by atoms with van der Waals surface area (Å²) in [6.07, 6.45) is 0.385. The summed E-state index contributed by atoms with van der Waals surface area (Å²) in [5.41, 5.74) is 6.30. The number of rotatable bonds is 3. The molecule has 1 aromatic rings.